The van der Waals surface area contributed by atoms with Gasteiger partial charge >= 0.3 is 6.01 Å². The Hall–Kier alpha value is -1.81. The zero-order valence-corrected chi connectivity index (χ0v) is 18.1. The molecule has 1 aliphatic carbocycles. The smallest absolute Gasteiger partial charge is 0.316 e. The van der Waals surface area contributed by atoms with Gasteiger partial charge in [-0.1, -0.05) is 66.2 Å². The van der Waals surface area contributed by atoms with E-state index in [1.54, 1.807) is 18.3 Å². The van der Waals surface area contributed by atoms with Gasteiger partial charge in [-0.3, -0.25) is 0 Å². The first-order valence-electron chi connectivity index (χ1n) is 9.81. The Morgan fingerprint density at radius 3 is 2.31 bits per heavy atom. The standard InChI is InChI=1S/C23H21Cl3N2O/c24-17-8-6-16(7-9-17)20-13-27-23(29-14-15-4-2-1-3-5-15)28-22(20)19-11-10-18(25)12-21(19)26/h6-13,15H,1-5,14H2. The van der Waals surface area contributed by atoms with Gasteiger partial charge in [-0.25, -0.2) is 4.98 Å². The molecule has 0 bridgehead atoms. The monoisotopic (exact) mass is 446 g/mol. The summed E-state index contributed by atoms with van der Waals surface area (Å²) in [5.41, 5.74) is 3.30. The zero-order chi connectivity index (χ0) is 20.2. The fourth-order valence-electron chi connectivity index (χ4n) is 3.71. The minimum atomic E-state index is 0.370. The number of halogens is 3. The quantitative estimate of drug-likeness (QED) is 0.401. The summed E-state index contributed by atoms with van der Waals surface area (Å²) in [7, 11) is 0. The Morgan fingerprint density at radius 1 is 0.862 bits per heavy atom. The molecular weight excluding hydrogens is 427 g/mol. The maximum Gasteiger partial charge on any atom is 0.316 e. The summed E-state index contributed by atoms with van der Waals surface area (Å²) in [6.45, 7) is 0.647. The first-order valence-corrected chi connectivity index (χ1v) is 10.9. The van der Waals surface area contributed by atoms with E-state index in [0.717, 1.165) is 16.7 Å². The van der Waals surface area contributed by atoms with Crippen molar-refractivity contribution in [2.45, 2.75) is 32.1 Å². The molecular formula is C23H21Cl3N2O. The molecule has 6 heteroatoms. The molecule has 1 fully saturated rings. The second kappa shape index (κ2) is 9.34. The highest BCUT2D eigenvalue weighted by Crippen LogP contribution is 2.37. The highest BCUT2D eigenvalue weighted by atomic mass is 35.5. The van der Waals surface area contributed by atoms with Crippen LogP contribution in [0.1, 0.15) is 32.1 Å². The van der Waals surface area contributed by atoms with E-state index in [2.05, 4.69) is 4.98 Å². The van der Waals surface area contributed by atoms with Crippen molar-refractivity contribution in [1.29, 1.82) is 0 Å². The van der Waals surface area contributed by atoms with Crippen LogP contribution in [0, 0.1) is 5.92 Å². The van der Waals surface area contributed by atoms with Crippen molar-refractivity contribution in [2.75, 3.05) is 6.61 Å². The van der Waals surface area contributed by atoms with Gasteiger partial charge in [-0.15, -0.1) is 0 Å². The molecule has 29 heavy (non-hydrogen) atoms. The normalized spacial score (nSPS) is 14.7. The topological polar surface area (TPSA) is 35.0 Å². The molecule has 0 aliphatic heterocycles. The number of hydrogen-bond acceptors (Lipinski definition) is 3. The van der Waals surface area contributed by atoms with Crippen LogP contribution >= 0.6 is 34.8 Å². The van der Waals surface area contributed by atoms with Crippen molar-refractivity contribution in [3.63, 3.8) is 0 Å². The van der Waals surface area contributed by atoms with Gasteiger partial charge in [0.15, 0.2) is 0 Å². The molecule has 1 saturated carbocycles. The number of nitrogens with zero attached hydrogens (tertiary/aromatic N) is 2. The van der Waals surface area contributed by atoms with E-state index >= 15 is 0 Å². The Kier molecular flexibility index (Phi) is 6.59. The van der Waals surface area contributed by atoms with E-state index < -0.39 is 0 Å². The van der Waals surface area contributed by atoms with Crippen LogP contribution in [0.15, 0.2) is 48.7 Å². The van der Waals surface area contributed by atoms with Gasteiger partial charge in [0.1, 0.15) is 0 Å². The summed E-state index contributed by atoms with van der Waals surface area (Å²) in [5, 5.41) is 1.78. The van der Waals surface area contributed by atoms with Gasteiger partial charge < -0.3 is 4.74 Å². The summed E-state index contributed by atoms with van der Waals surface area (Å²) in [6.07, 6.45) is 8.07. The van der Waals surface area contributed by atoms with Gasteiger partial charge in [0.05, 0.1) is 17.3 Å². The number of benzene rings is 2. The fourth-order valence-corrected chi connectivity index (χ4v) is 4.33. The molecule has 3 aromatic rings. The van der Waals surface area contributed by atoms with E-state index in [-0.39, 0.29) is 0 Å². The number of aromatic nitrogens is 2. The summed E-state index contributed by atoms with van der Waals surface area (Å²) in [5.74, 6) is 0.575. The molecule has 3 nitrogen and oxygen atoms in total. The minimum Gasteiger partial charge on any atom is -0.463 e. The highest BCUT2D eigenvalue weighted by Gasteiger charge is 2.18. The third-order valence-electron chi connectivity index (χ3n) is 5.28. The summed E-state index contributed by atoms with van der Waals surface area (Å²) in [4.78, 5) is 9.18. The van der Waals surface area contributed by atoms with Crippen LogP contribution in [-0.4, -0.2) is 16.6 Å². The average Bonchev–Trinajstić information content (AvgIpc) is 2.74. The summed E-state index contributed by atoms with van der Waals surface area (Å²) in [6, 6.07) is 13.3. The van der Waals surface area contributed by atoms with Crippen molar-refractivity contribution in [3.05, 3.63) is 63.7 Å². The summed E-state index contributed by atoms with van der Waals surface area (Å²) < 4.78 is 5.97. The van der Waals surface area contributed by atoms with Gasteiger partial charge in [-0.05, 0) is 54.7 Å². The molecule has 2 aromatic carbocycles. The SMILES string of the molecule is Clc1ccc(-c2cnc(OCC3CCCCC3)nc2-c2ccc(Cl)cc2Cl)cc1. The molecule has 0 unspecified atom stereocenters. The van der Waals surface area contributed by atoms with Crippen LogP contribution in [0.2, 0.25) is 15.1 Å². The largest absolute Gasteiger partial charge is 0.463 e. The molecule has 1 aliphatic rings. The molecule has 0 atom stereocenters. The molecule has 1 aromatic heterocycles. The fraction of sp³-hybridized carbons (Fsp3) is 0.304. The van der Waals surface area contributed by atoms with Crippen molar-refractivity contribution in [1.82, 2.24) is 9.97 Å². The highest BCUT2D eigenvalue weighted by molar-refractivity contribution is 6.36. The van der Waals surface area contributed by atoms with E-state index in [1.807, 2.05) is 30.3 Å². The van der Waals surface area contributed by atoms with Gasteiger partial charge in [0.2, 0.25) is 0 Å². The predicted octanol–water partition coefficient (Wildman–Crippen LogP) is 7.73. The zero-order valence-electron chi connectivity index (χ0n) is 15.9. The number of ether oxygens (including phenoxy) is 1. The Balaban J connectivity index is 1.70. The maximum absolute atomic E-state index is 6.49. The predicted molar refractivity (Wildman–Crippen MR) is 120 cm³/mol. The summed E-state index contributed by atoms with van der Waals surface area (Å²) >= 11 is 18.6. The van der Waals surface area contributed by atoms with E-state index in [1.165, 1.54) is 32.1 Å². The second-order valence-corrected chi connectivity index (χ2v) is 8.64. The average molecular weight is 448 g/mol. The van der Waals surface area contributed by atoms with E-state index in [4.69, 9.17) is 44.5 Å². The van der Waals surface area contributed by atoms with Crippen LogP contribution in [0.5, 0.6) is 6.01 Å². The van der Waals surface area contributed by atoms with Crippen molar-refractivity contribution < 1.29 is 4.74 Å². The Bertz CT molecular complexity index is 986. The number of hydrogen-bond donors (Lipinski definition) is 0. The lowest BCUT2D eigenvalue weighted by atomic mass is 9.90. The Labute approximate surface area is 186 Å². The first-order chi connectivity index (χ1) is 14.1. The maximum atomic E-state index is 6.49. The van der Waals surface area contributed by atoms with Crippen LogP contribution in [0.3, 0.4) is 0 Å². The van der Waals surface area contributed by atoms with Gasteiger partial charge in [-0.2, -0.15) is 4.98 Å². The molecule has 0 spiro atoms. The third kappa shape index (κ3) is 5.03. The first kappa shape index (κ1) is 20.5. The van der Waals surface area contributed by atoms with E-state index in [9.17, 15) is 0 Å². The number of rotatable bonds is 5. The van der Waals surface area contributed by atoms with Crippen LogP contribution in [0.4, 0.5) is 0 Å². The second-order valence-electron chi connectivity index (χ2n) is 7.36. The van der Waals surface area contributed by atoms with E-state index in [0.29, 0.717) is 39.3 Å². The van der Waals surface area contributed by atoms with Crippen molar-refractivity contribution in [3.8, 4) is 28.4 Å². The molecule has 0 amide bonds. The molecule has 0 N–H and O–H groups in total. The van der Waals surface area contributed by atoms with Crippen LogP contribution in [0.25, 0.3) is 22.4 Å². The lowest BCUT2D eigenvalue weighted by molar-refractivity contribution is 0.196. The lowest BCUT2D eigenvalue weighted by Crippen LogP contribution is -2.16. The van der Waals surface area contributed by atoms with Crippen LogP contribution in [-0.2, 0) is 0 Å². The van der Waals surface area contributed by atoms with Crippen LogP contribution < -0.4 is 4.74 Å². The van der Waals surface area contributed by atoms with Crippen molar-refractivity contribution in [2.24, 2.45) is 5.92 Å². The molecule has 1 heterocycles. The lowest BCUT2D eigenvalue weighted by Gasteiger charge is -2.21. The molecule has 0 saturated heterocycles. The third-order valence-corrected chi connectivity index (χ3v) is 6.08. The van der Waals surface area contributed by atoms with Crippen molar-refractivity contribution >= 4 is 34.8 Å². The Morgan fingerprint density at radius 2 is 1.59 bits per heavy atom. The molecule has 0 radical (unpaired) electrons. The molecule has 150 valence electrons. The molecule has 4 rings (SSSR count). The minimum absolute atomic E-state index is 0.370. The van der Waals surface area contributed by atoms with Gasteiger partial charge in [0, 0.05) is 27.4 Å². The van der Waals surface area contributed by atoms with Gasteiger partial charge in [0.25, 0.3) is 0 Å².